The van der Waals surface area contributed by atoms with Crippen molar-refractivity contribution in [2.24, 2.45) is 5.10 Å². The highest BCUT2D eigenvalue weighted by Crippen LogP contribution is 2.25. The molecule has 0 spiro atoms. The second-order valence-corrected chi connectivity index (χ2v) is 9.87. The van der Waals surface area contributed by atoms with Gasteiger partial charge in [-0.05, 0) is 37.0 Å². The Labute approximate surface area is 232 Å². The van der Waals surface area contributed by atoms with Crippen molar-refractivity contribution in [1.29, 1.82) is 0 Å². The molecule has 0 saturated carbocycles. The minimum atomic E-state index is 0.450. The summed E-state index contributed by atoms with van der Waals surface area (Å²) in [7, 11) is 2.15. The number of para-hydroxylation sites is 1. The highest BCUT2D eigenvalue weighted by atomic mass is 32.1. The predicted octanol–water partition coefficient (Wildman–Crippen LogP) is 4.42. The van der Waals surface area contributed by atoms with E-state index in [1.165, 1.54) is 0 Å². The van der Waals surface area contributed by atoms with Crippen LogP contribution in [0, 0.1) is 4.77 Å². The normalized spacial score (nSPS) is 14.8. The highest BCUT2D eigenvalue weighted by Gasteiger charge is 2.23. The second-order valence-electron chi connectivity index (χ2n) is 9.51. The first-order chi connectivity index (χ1) is 19.2. The maximum absolute atomic E-state index is 5.90. The molecule has 1 aliphatic rings. The molecule has 0 N–H and O–H groups in total. The van der Waals surface area contributed by atoms with Gasteiger partial charge in [-0.15, -0.1) is 10.2 Å². The fraction of sp³-hybridized carbons (Fsp3) is 0.207. The lowest BCUT2D eigenvalue weighted by molar-refractivity contribution is 0.119. The summed E-state index contributed by atoms with van der Waals surface area (Å²) in [6.45, 7) is 4.51. The van der Waals surface area contributed by atoms with Crippen LogP contribution >= 0.6 is 12.2 Å². The molecule has 6 rings (SSSR count). The number of aromatic nitrogens is 6. The summed E-state index contributed by atoms with van der Waals surface area (Å²) in [5.41, 5.74) is 2.82. The van der Waals surface area contributed by atoms with Crippen molar-refractivity contribution >= 4 is 18.4 Å². The van der Waals surface area contributed by atoms with Crippen LogP contribution in [0.25, 0.3) is 28.7 Å². The number of piperazine rings is 1. The third-order valence-corrected chi connectivity index (χ3v) is 7.09. The molecular formula is C29H29N9S. The van der Waals surface area contributed by atoms with Gasteiger partial charge in [0.1, 0.15) is 0 Å². The molecule has 196 valence electrons. The molecule has 10 heteroatoms. The van der Waals surface area contributed by atoms with Gasteiger partial charge in [0.05, 0.1) is 18.6 Å². The molecule has 0 amide bonds. The minimum absolute atomic E-state index is 0.450. The molecule has 0 radical (unpaired) electrons. The summed E-state index contributed by atoms with van der Waals surface area (Å²) in [5, 5.41) is 14.6. The van der Waals surface area contributed by atoms with Gasteiger partial charge in [-0.2, -0.15) is 9.78 Å². The molecule has 1 aliphatic heterocycles. The van der Waals surface area contributed by atoms with Crippen molar-refractivity contribution in [2.75, 3.05) is 33.2 Å². The quantitative estimate of drug-likeness (QED) is 0.227. The fourth-order valence-electron chi connectivity index (χ4n) is 4.51. The Morgan fingerprint density at radius 3 is 2.13 bits per heavy atom. The first-order valence-corrected chi connectivity index (χ1v) is 13.3. The van der Waals surface area contributed by atoms with Gasteiger partial charge in [0.25, 0.3) is 0 Å². The Hall–Kier alpha value is -4.25. The summed E-state index contributed by atoms with van der Waals surface area (Å²) in [5.74, 6) is 1.66. The van der Waals surface area contributed by atoms with Crippen molar-refractivity contribution in [3.8, 4) is 28.7 Å². The maximum Gasteiger partial charge on any atom is 0.223 e. The van der Waals surface area contributed by atoms with Crippen LogP contribution in [-0.2, 0) is 6.67 Å². The Morgan fingerprint density at radius 1 is 0.795 bits per heavy atom. The van der Waals surface area contributed by atoms with E-state index in [1.54, 1.807) is 10.9 Å². The van der Waals surface area contributed by atoms with Crippen molar-refractivity contribution in [3.63, 3.8) is 0 Å². The third-order valence-electron chi connectivity index (χ3n) is 6.71. The zero-order valence-electron chi connectivity index (χ0n) is 21.7. The molecule has 3 aromatic carbocycles. The standard InChI is InChI=1S/C29H29N9S/c1-34-17-19-35(20-18-34)22-36-29(39)38(30-21-23-11-5-2-6-12-23)28(33-36)26-31-27(24-13-7-3-8-14-24)37(32-26)25-15-9-4-10-16-25/h2-16,21H,17-20,22H2,1H3/b30-21-. The first-order valence-electron chi connectivity index (χ1n) is 12.9. The molecule has 1 saturated heterocycles. The Kier molecular flexibility index (Phi) is 7.22. The molecule has 0 aliphatic carbocycles. The van der Waals surface area contributed by atoms with Crippen molar-refractivity contribution in [2.45, 2.75) is 6.67 Å². The zero-order chi connectivity index (χ0) is 26.6. The van der Waals surface area contributed by atoms with E-state index in [1.807, 2.05) is 100 Å². The molecule has 0 atom stereocenters. The molecule has 39 heavy (non-hydrogen) atoms. The molecule has 9 nitrogen and oxygen atoms in total. The summed E-state index contributed by atoms with van der Waals surface area (Å²) in [4.78, 5) is 9.65. The van der Waals surface area contributed by atoms with E-state index in [0.717, 1.165) is 48.8 Å². The smallest absolute Gasteiger partial charge is 0.223 e. The molecule has 2 aromatic heterocycles. The largest absolute Gasteiger partial charge is 0.304 e. The van der Waals surface area contributed by atoms with Gasteiger partial charge in [-0.1, -0.05) is 78.9 Å². The summed E-state index contributed by atoms with van der Waals surface area (Å²) in [6.07, 6.45) is 1.79. The summed E-state index contributed by atoms with van der Waals surface area (Å²) < 4.78 is 5.83. The number of likely N-dealkylation sites (N-methyl/N-ethyl adjacent to an activating group) is 1. The van der Waals surface area contributed by atoms with Crippen LogP contribution in [0.15, 0.2) is 96.1 Å². The van der Waals surface area contributed by atoms with Crippen LogP contribution in [0.1, 0.15) is 5.56 Å². The van der Waals surface area contributed by atoms with Crippen LogP contribution in [0.2, 0.25) is 0 Å². The van der Waals surface area contributed by atoms with Crippen LogP contribution in [0.3, 0.4) is 0 Å². The topological polar surface area (TPSA) is 72.3 Å². The average molecular weight is 536 g/mol. The van der Waals surface area contributed by atoms with Gasteiger partial charge in [0, 0.05) is 31.7 Å². The second kappa shape index (κ2) is 11.2. The van der Waals surface area contributed by atoms with Gasteiger partial charge >= 0.3 is 0 Å². The van der Waals surface area contributed by atoms with Crippen LogP contribution in [0.5, 0.6) is 0 Å². The maximum atomic E-state index is 5.90. The van der Waals surface area contributed by atoms with Gasteiger partial charge in [-0.25, -0.2) is 14.3 Å². The fourth-order valence-corrected chi connectivity index (χ4v) is 4.74. The minimum Gasteiger partial charge on any atom is -0.304 e. The van der Waals surface area contributed by atoms with Crippen LogP contribution in [-0.4, -0.2) is 78.5 Å². The Bertz CT molecular complexity index is 1560. The van der Waals surface area contributed by atoms with Crippen molar-refractivity contribution in [3.05, 3.63) is 101 Å². The Morgan fingerprint density at radius 2 is 1.44 bits per heavy atom. The lowest BCUT2D eigenvalue weighted by Crippen LogP contribution is -2.45. The van der Waals surface area contributed by atoms with E-state index < -0.39 is 0 Å². The van der Waals surface area contributed by atoms with Gasteiger partial charge < -0.3 is 4.90 Å². The van der Waals surface area contributed by atoms with Crippen LogP contribution in [0.4, 0.5) is 0 Å². The molecule has 0 bridgehead atoms. The van der Waals surface area contributed by atoms with E-state index in [4.69, 9.17) is 32.5 Å². The highest BCUT2D eigenvalue weighted by molar-refractivity contribution is 7.71. The number of hydrogen-bond donors (Lipinski definition) is 0. The number of rotatable bonds is 7. The van der Waals surface area contributed by atoms with E-state index >= 15 is 0 Å². The molecular weight excluding hydrogens is 506 g/mol. The lowest BCUT2D eigenvalue weighted by Gasteiger charge is -2.31. The Balaban J connectivity index is 1.46. The van der Waals surface area contributed by atoms with E-state index in [9.17, 15) is 0 Å². The first kappa shape index (κ1) is 25.1. The number of hydrogen-bond acceptors (Lipinski definition) is 7. The summed E-state index contributed by atoms with van der Waals surface area (Å²) in [6, 6.07) is 30.0. The van der Waals surface area contributed by atoms with Gasteiger partial charge in [0.2, 0.25) is 16.4 Å². The lowest BCUT2D eigenvalue weighted by atomic mass is 10.2. The number of benzene rings is 3. The number of nitrogens with zero attached hydrogens (tertiary/aromatic N) is 9. The molecule has 3 heterocycles. The SMILES string of the molecule is CN1CCN(Cn2nc(-c3nc(-c4ccccc4)n(-c4ccccc4)n3)n(/N=C\c3ccccc3)c2=S)CC1. The van der Waals surface area contributed by atoms with Crippen molar-refractivity contribution in [1.82, 2.24) is 39.0 Å². The third kappa shape index (κ3) is 5.49. The van der Waals surface area contributed by atoms with Gasteiger partial charge in [0.15, 0.2) is 5.82 Å². The van der Waals surface area contributed by atoms with E-state index in [0.29, 0.717) is 23.1 Å². The van der Waals surface area contributed by atoms with E-state index in [-0.39, 0.29) is 0 Å². The molecule has 5 aromatic rings. The average Bonchev–Trinajstić information content (AvgIpc) is 3.56. The molecule has 1 fully saturated rings. The summed E-state index contributed by atoms with van der Waals surface area (Å²) >= 11 is 5.90. The van der Waals surface area contributed by atoms with Gasteiger partial charge in [-0.3, -0.25) is 4.90 Å². The van der Waals surface area contributed by atoms with Crippen molar-refractivity contribution < 1.29 is 0 Å². The zero-order valence-corrected chi connectivity index (χ0v) is 22.5. The monoisotopic (exact) mass is 535 g/mol. The predicted molar refractivity (Wildman–Crippen MR) is 155 cm³/mol. The van der Waals surface area contributed by atoms with E-state index in [2.05, 4.69) is 16.8 Å². The van der Waals surface area contributed by atoms with Crippen LogP contribution < -0.4 is 0 Å². The molecule has 0 unspecified atom stereocenters.